The third-order valence-electron chi connectivity index (χ3n) is 4.28. The highest BCUT2D eigenvalue weighted by molar-refractivity contribution is 7.87. The molecular weight excluding hydrogens is 268 g/mol. The molecule has 2 aliphatic rings. The summed E-state index contributed by atoms with van der Waals surface area (Å²) in [4.78, 5) is 11.5. The van der Waals surface area contributed by atoms with Crippen LogP contribution in [0.2, 0.25) is 0 Å². The number of hydrogen-bond acceptors (Lipinski definition) is 4. The summed E-state index contributed by atoms with van der Waals surface area (Å²) in [5.41, 5.74) is 0. The van der Waals surface area contributed by atoms with Crippen molar-refractivity contribution in [1.82, 2.24) is 8.61 Å². The van der Waals surface area contributed by atoms with Gasteiger partial charge < -0.3 is 4.74 Å². The van der Waals surface area contributed by atoms with Gasteiger partial charge in [0.2, 0.25) is 0 Å². The van der Waals surface area contributed by atoms with E-state index in [1.807, 2.05) is 0 Å². The molecule has 0 aromatic heterocycles. The highest BCUT2D eigenvalue weighted by Crippen LogP contribution is 2.33. The van der Waals surface area contributed by atoms with Crippen LogP contribution in [0.15, 0.2) is 0 Å². The van der Waals surface area contributed by atoms with Crippen LogP contribution in [0, 0.1) is 5.92 Å². The highest BCUT2D eigenvalue weighted by atomic mass is 32.2. The maximum absolute atomic E-state index is 12.3. The highest BCUT2D eigenvalue weighted by Gasteiger charge is 2.44. The molecule has 0 radical (unpaired) electrons. The van der Waals surface area contributed by atoms with Crippen LogP contribution in [-0.4, -0.2) is 49.4 Å². The van der Waals surface area contributed by atoms with E-state index in [-0.39, 0.29) is 12.6 Å². The molecule has 0 bridgehead atoms. The van der Waals surface area contributed by atoms with Gasteiger partial charge >= 0.3 is 16.3 Å². The van der Waals surface area contributed by atoms with E-state index in [0.29, 0.717) is 6.54 Å². The van der Waals surface area contributed by atoms with E-state index in [4.69, 9.17) is 0 Å². The molecule has 0 unspecified atom stereocenters. The van der Waals surface area contributed by atoms with Crippen molar-refractivity contribution in [1.29, 1.82) is 0 Å². The molecule has 1 saturated carbocycles. The first-order valence-corrected chi connectivity index (χ1v) is 8.27. The fraction of sp³-hybridized carbons (Fsp3) is 0.917. The predicted molar refractivity (Wildman–Crippen MR) is 70.8 cm³/mol. The molecule has 1 amide bonds. The second-order valence-corrected chi connectivity index (χ2v) is 7.05. The lowest BCUT2D eigenvalue weighted by Gasteiger charge is -2.33. The van der Waals surface area contributed by atoms with Crippen molar-refractivity contribution in [2.75, 3.05) is 20.2 Å². The monoisotopic (exact) mass is 290 g/mol. The third-order valence-corrected chi connectivity index (χ3v) is 6.24. The largest absolute Gasteiger partial charge is 0.452 e. The van der Waals surface area contributed by atoms with E-state index in [9.17, 15) is 13.2 Å². The fourth-order valence-electron chi connectivity index (χ4n) is 3.05. The van der Waals surface area contributed by atoms with Gasteiger partial charge in [-0.1, -0.05) is 13.3 Å². The lowest BCUT2D eigenvalue weighted by atomic mass is 9.84. The average Bonchev–Trinajstić information content (AvgIpc) is 2.73. The Morgan fingerprint density at radius 3 is 2.37 bits per heavy atom. The Labute approximate surface area is 114 Å². The topological polar surface area (TPSA) is 66.9 Å². The summed E-state index contributed by atoms with van der Waals surface area (Å²) >= 11 is 0. The molecule has 7 heteroatoms. The number of ether oxygens (including phenoxy) is 1. The number of carbonyl (C=O) groups excluding carboxylic acids is 1. The molecule has 0 N–H and O–H groups in total. The third kappa shape index (κ3) is 2.72. The number of amides is 1. The molecule has 0 spiro atoms. The van der Waals surface area contributed by atoms with Gasteiger partial charge in [0.05, 0.1) is 13.7 Å². The zero-order chi connectivity index (χ0) is 14.0. The number of carbonyl (C=O) groups is 1. The second kappa shape index (κ2) is 5.66. The minimum atomic E-state index is -3.67. The lowest BCUT2D eigenvalue weighted by molar-refractivity contribution is 0.152. The van der Waals surface area contributed by atoms with Crippen molar-refractivity contribution in [2.45, 2.75) is 45.1 Å². The summed E-state index contributed by atoms with van der Waals surface area (Å²) in [6.45, 7) is 2.76. The Balaban J connectivity index is 2.05. The Hall–Kier alpha value is -0.820. The van der Waals surface area contributed by atoms with E-state index >= 15 is 0 Å². The van der Waals surface area contributed by atoms with Gasteiger partial charge in [0, 0.05) is 12.6 Å². The van der Waals surface area contributed by atoms with Crippen molar-refractivity contribution < 1.29 is 17.9 Å². The summed E-state index contributed by atoms with van der Waals surface area (Å²) in [6.07, 6.45) is 4.31. The summed E-state index contributed by atoms with van der Waals surface area (Å²) in [6, 6.07) is 0.0439. The van der Waals surface area contributed by atoms with Crippen molar-refractivity contribution in [3.8, 4) is 0 Å². The van der Waals surface area contributed by atoms with E-state index < -0.39 is 16.3 Å². The standard InChI is InChI=1S/C12H22N2O4S/c1-3-10-4-6-11(7-5-10)13-8-9-14(12(15)18-2)19(13,16)17/h10-11H,3-9H2,1-2H3. The number of rotatable bonds is 2. The van der Waals surface area contributed by atoms with Crippen LogP contribution in [0.4, 0.5) is 4.79 Å². The van der Waals surface area contributed by atoms with Gasteiger partial charge in [0.25, 0.3) is 0 Å². The molecule has 2 rings (SSSR count). The smallest absolute Gasteiger partial charge is 0.424 e. The van der Waals surface area contributed by atoms with Crippen LogP contribution in [0.1, 0.15) is 39.0 Å². The summed E-state index contributed by atoms with van der Waals surface area (Å²) in [7, 11) is -2.47. The number of methoxy groups -OCH3 is 1. The molecule has 19 heavy (non-hydrogen) atoms. The Morgan fingerprint density at radius 2 is 1.84 bits per heavy atom. The van der Waals surface area contributed by atoms with Crippen LogP contribution >= 0.6 is 0 Å². The molecule has 1 aliphatic heterocycles. The normalized spacial score (nSPS) is 31.4. The zero-order valence-corrected chi connectivity index (χ0v) is 12.4. The fourth-order valence-corrected chi connectivity index (χ4v) is 4.77. The Morgan fingerprint density at radius 1 is 1.21 bits per heavy atom. The van der Waals surface area contributed by atoms with Gasteiger partial charge in [-0.05, 0) is 31.6 Å². The molecular formula is C12H22N2O4S. The van der Waals surface area contributed by atoms with Crippen molar-refractivity contribution in [3.05, 3.63) is 0 Å². The molecule has 0 atom stereocenters. The minimum absolute atomic E-state index is 0.0439. The SMILES string of the molecule is CCC1CCC(N2CCN(C(=O)OC)S2(=O)=O)CC1. The second-order valence-electron chi connectivity index (χ2n) is 5.24. The number of nitrogens with zero attached hydrogens (tertiary/aromatic N) is 2. The molecule has 110 valence electrons. The van der Waals surface area contributed by atoms with Gasteiger partial charge in [-0.25, -0.2) is 4.79 Å². The van der Waals surface area contributed by atoms with E-state index in [1.54, 1.807) is 0 Å². The molecule has 1 heterocycles. The molecule has 1 saturated heterocycles. The average molecular weight is 290 g/mol. The lowest BCUT2D eigenvalue weighted by Crippen LogP contribution is -2.43. The molecule has 2 fully saturated rings. The first kappa shape index (κ1) is 14.6. The van der Waals surface area contributed by atoms with E-state index in [0.717, 1.165) is 42.3 Å². The van der Waals surface area contributed by atoms with Crippen LogP contribution in [0.5, 0.6) is 0 Å². The molecule has 0 aromatic rings. The van der Waals surface area contributed by atoms with Gasteiger partial charge in [-0.2, -0.15) is 17.0 Å². The summed E-state index contributed by atoms with van der Waals surface area (Å²) < 4.78 is 31.4. The van der Waals surface area contributed by atoms with E-state index in [1.165, 1.54) is 11.4 Å². The summed E-state index contributed by atoms with van der Waals surface area (Å²) in [5, 5.41) is 0. The first-order chi connectivity index (χ1) is 9.00. The van der Waals surface area contributed by atoms with Gasteiger partial charge in [-0.3, -0.25) is 0 Å². The van der Waals surface area contributed by atoms with Crippen molar-refractivity contribution >= 4 is 16.3 Å². The van der Waals surface area contributed by atoms with E-state index in [2.05, 4.69) is 11.7 Å². The predicted octanol–water partition coefficient (Wildman–Crippen LogP) is 1.58. The Bertz CT molecular complexity index is 429. The molecule has 0 aromatic carbocycles. The minimum Gasteiger partial charge on any atom is -0.452 e. The maximum Gasteiger partial charge on any atom is 0.424 e. The van der Waals surface area contributed by atoms with Crippen LogP contribution in [0.25, 0.3) is 0 Å². The van der Waals surface area contributed by atoms with Crippen molar-refractivity contribution in [3.63, 3.8) is 0 Å². The maximum atomic E-state index is 12.3. The molecule has 6 nitrogen and oxygen atoms in total. The van der Waals surface area contributed by atoms with Gasteiger partial charge in [0.1, 0.15) is 0 Å². The van der Waals surface area contributed by atoms with Gasteiger partial charge in [-0.15, -0.1) is 0 Å². The Kier molecular flexibility index (Phi) is 4.35. The summed E-state index contributed by atoms with van der Waals surface area (Å²) in [5.74, 6) is 0.721. The number of hydrogen-bond donors (Lipinski definition) is 0. The zero-order valence-electron chi connectivity index (χ0n) is 11.5. The van der Waals surface area contributed by atoms with Crippen LogP contribution < -0.4 is 0 Å². The van der Waals surface area contributed by atoms with Crippen LogP contribution in [-0.2, 0) is 14.9 Å². The van der Waals surface area contributed by atoms with Gasteiger partial charge in [0.15, 0.2) is 0 Å². The first-order valence-electron chi connectivity index (χ1n) is 6.88. The van der Waals surface area contributed by atoms with Crippen molar-refractivity contribution in [2.24, 2.45) is 5.92 Å². The quantitative estimate of drug-likeness (QED) is 0.774. The van der Waals surface area contributed by atoms with Crippen LogP contribution in [0.3, 0.4) is 0 Å². The molecule has 1 aliphatic carbocycles.